The number of unbranched alkanes of at least 4 members (excludes halogenated alkanes) is 2. The molecular weight excluding hydrogens is 248 g/mol. The van der Waals surface area contributed by atoms with Crippen molar-refractivity contribution in [3.8, 4) is 11.5 Å². The first-order valence-corrected chi connectivity index (χ1v) is 6.41. The number of aliphatic hydroxyl groups excluding tert-OH is 1. The Morgan fingerprint density at radius 3 is 2.68 bits per heavy atom. The van der Waals surface area contributed by atoms with Crippen molar-refractivity contribution in [1.82, 2.24) is 0 Å². The number of carboxylic acids is 1. The van der Waals surface area contributed by atoms with Crippen molar-refractivity contribution in [2.75, 3.05) is 6.61 Å². The number of aliphatic hydroxyl groups is 1. The maximum absolute atomic E-state index is 10.7. The molecule has 0 aliphatic carbocycles. The molecule has 1 aromatic carbocycles. The molecule has 19 heavy (non-hydrogen) atoms. The number of aromatic hydroxyl groups is 1. The molecule has 106 valence electrons. The van der Waals surface area contributed by atoms with Crippen LogP contribution in [0.4, 0.5) is 0 Å². The van der Waals surface area contributed by atoms with E-state index in [1.165, 1.54) is 18.2 Å². The summed E-state index contributed by atoms with van der Waals surface area (Å²) in [6.45, 7) is 2.23. The molecule has 0 aliphatic rings. The lowest BCUT2D eigenvalue weighted by Crippen LogP contribution is -2.17. The van der Waals surface area contributed by atoms with Gasteiger partial charge in [-0.05, 0) is 18.6 Å². The Morgan fingerprint density at radius 1 is 1.37 bits per heavy atom. The maximum atomic E-state index is 10.7. The lowest BCUT2D eigenvalue weighted by atomic mass is 10.1. The standard InChI is InChI=1S/C14H20O5/c1-2-3-4-5-10(15)9-19-11-6-7-12(14(17)18)13(16)8-11/h6-8,10,15-16H,2-5,9H2,1H3,(H,17,18). The number of phenols is 1. The third-order valence-corrected chi connectivity index (χ3v) is 2.78. The molecule has 0 saturated carbocycles. The average Bonchev–Trinajstić information content (AvgIpc) is 2.36. The van der Waals surface area contributed by atoms with Crippen LogP contribution in [0, 0.1) is 0 Å². The van der Waals surface area contributed by atoms with Crippen molar-refractivity contribution in [2.24, 2.45) is 0 Å². The van der Waals surface area contributed by atoms with Gasteiger partial charge in [-0.2, -0.15) is 0 Å². The van der Waals surface area contributed by atoms with Gasteiger partial charge in [-0.15, -0.1) is 0 Å². The SMILES string of the molecule is CCCCCC(O)COc1ccc(C(=O)O)c(O)c1. The quantitative estimate of drug-likeness (QED) is 0.630. The van der Waals surface area contributed by atoms with Crippen LogP contribution in [0.15, 0.2) is 18.2 Å². The van der Waals surface area contributed by atoms with E-state index in [2.05, 4.69) is 6.92 Å². The maximum Gasteiger partial charge on any atom is 0.339 e. The first-order chi connectivity index (χ1) is 9.04. The second-order valence-corrected chi connectivity index (χ2v) is 4.44. The zero-order chi connectivity index (χ0) is 14.3. The summed E-state index contributed by atoms with van der Waals surface area (Å²) in [6.07, 6.45) is 3.24. The van der Waals surface area contributed by atoms with Gasteiger partial charge in [0.2, 0.25) is 0 Å². The van der Waals surface area contributed by atoms with E-state index < -0.39 is 12.1 Å². The van der Waals surface area contributed by atoms with Crippen LogP contribution in [-0.4, -0.2) is 34.0 Å². The van der Waals surface area contributed by atoms with Crippen molar-refractivity contribution in [3.63, 3.8) is 0 Å². The highest BCUT2D eigenvalue weighted by atomic mass is 16.5. The summed E-state index contributed by atoms with van der Waals surface area (Å²) < 4.78 is 5.31. The van der Waals surface area contributed by atoms with E-state index in [9.17, 15) is 15.0 Å². The van der Waals surface area contributed by atoms with E-state index in [0.29, 0.717) is 12.2 Å². The molecule has 0 heterocycles. The van der Waals surface area contributed by atoms with Crippen LogP contribution in [0.2, 0.25) is 0 Å². The molecule has 3 N–H and O–H groups in total. The summed E-state index contributed by atoms with van der Waals surface area (Å²) in [7, 11) is 0. The predicted molar refractivity (Wildman–Crippen MR) is 70.7 cm³/mol. The minimum Gasteiger partial charge on any atom is -0.507 e. The van der Waals surface area contributed by atoms with Crippen LogP contribution >= 0.6 is 0 Å². The molecule has 0 saturated heterocycles. The zero-order valence-corrected chi connectivity index (χ0v) is 11.0. The third kappa shape index (κ3) is 5.18. The summed E-state index contributed by atoms with van der Waals surface area (Å²) in [4.78, 5) is 10.7. The number of aromatic carboxylic acids is 1. The summed E-state index contributed by atoms with van der Waals surface area (Å²) >= 11 is 0. The van der Waals surface area contributed by atoms with E-state index in [4.69, 9.17) is 9.84 Å². The van der Waals surface area contributed by atoms with E-state index in [1.54, 1.807) is 0 Å². The van der Waals surface area contributed by atoms with Crippen molar-refractivity contribution in [1.29, 1.82) is 0 Å². The van der Waals surface area contributed by atoms with Crippen LogP contribution < -0.4 is 4.74 Å². The molecule has 0 amide bonds. The number of carboxylic acid groups (broad SMARTS) is 1. The fourth-order valence-corrected chi connectivity index (χ4v) is 1.69. The van der Waals surface area contributed by atoms with Gasteiger partial charge in [0.05, 0.1) is 6.10 Å². The van der Waals surface area contributed by atoms with Crippen LogP contribution in [0.3, 0.4) is 0 Å². The Kier molecular flexibility index (Phi) is 6.15. The van der Waals surface area contributed by atoms with Crippen molar-refractivity contribution in [3.05, 3.63) is 23.8 Å². The summed E-state index contributed by atoms with van der Waals surface area (Å²) in [6, 6.07) is 3.97. The Morgan fingerprint density at radius 2 is 2.11 bits per heavy atom. The largest absolute Gasteiger partial charge is 0.507 e. The monoisotopic (exact) mass is 268 g/mol. The van der Waals surface area contributed by atoms with Gasteiger partial charge in [-0.25, -0.2) is 4.79 Å². The molecule has 1 rings (SSSR count). The molecule has 0 aromatic heterocycles. The van der Waals surface area contributed by atoms with Crippen LogP contribution in [0.5, 0.6) is 11.5 Å². The minimum absolute atomic E-state index is 0.134. The minimum atomic E-state index is -1.19. The van der Waals surface area contributed by atoms with E-state index in [-0.39, 0.29) is 17.9 Å². The number of carbonyl (C=O) groups is 1. The number of rotatable bonds is 8. The molecule has 0 bridgehead atoms. The van der Waals surface area contributed by atoms with Gasteiger partial charge in [0.1, 0.15) is 23.7 Å². The summed E-state index contributed by atoms with van der Waals surface area (Å²) in [5.41, 5.74) is -0.171. The lowest BCUT2D eigenvalue weighted by molar-refractivity contribution is 0.0693. The van der Waals surface area contributed by atoms with Gasteiger partial charge < -0.3 is 20.1 Å². The van der Waals surface area contributed by atoms with Gasteiger partial charge in [-0.3, -0.25) is 0 Å². The zero-order valence-electron chi connectivity index (χ0n) is 11.0. The molecule has 1 unspecified atom stereocenters. The van der Waals surface area contributed by atoms with Gasteiger partial charge >= 0.3 is 5.97 Å². The molecule has 0 fully saturated rings. The third-order valence-electron chi connectivity index (χ3n) is 2.78. The lowest BCUT2D eigenvalue weighted by Gasteiger charge is -2.12. The molecule has 5 nitrogen and oxygen atoms in total. The molecule has 0 spiro atoms. The average molecular weight is 268 g/mol. The topological polar surface area (TPSA) is 87.0 Å². The molecule has 1 atom stereocenters. The predicted octanol–water partition coefficient (Wildman–Crippen LogP) is 2.41. The Hall–Kier alpha value is -1.75. The van der Waals surface area contributed by atoms with E-state index >= 15 is 0 Å². The van der Waals surface area contributed by atoms with Crippen molar-refractivity contribution in [2.45, 2.75) is 38.7 Å². The Labute approximate surface area is 112 Å². The second kappa shape index (κ2) is 7.63. The molecule has 1 aromatic rings. The van der Waals surface area contributed by atoms with Crippen LogP contribution in [0.25, 0.3) is 0 Å². The second-order valence-electron chi connectivity index (χ2n) is 4.44. The van der Waals surface area contributed by atoms with Crippen molar-refractivity contribution >= 4 is 5.97 Å². The Balaban J connectivity index is 2.45. The number of ether oxygens (including phenoxy) is 1. The highest BCUT2D eigenvalue weighted by Gasteiger charge is 2.11. The number of hydrogen-bond acceptors (Lipinski definition) is 4. The summed E-state index contributed by atoms with van der Waals surface area (Å²) in [5, 5.41) is 27.9. The van der Waals surface area contributed by atoms with Crippen molar-refractivity contribution < 1.29 is 24.9 Å². The molecule has 0 aliphatic heterocycles. The van der Waals surface area contributed by atoms with Gasteiger partial charge in [0.25, 0.3) is 0 Å². The van der Waals surface area contributed by atoms with Crippen LogP contribution in [-0.2, 0) is 0 Å². The highest BCUT2D eigenvalue weighted by molar-refractivity contribution is 5.90. The number of benzene rings is 1. The highest BCUT2D eigenvalue weighted by Crippen LogP contribution is 2.23. The molecule has 0 radical (unpaired) electrons. The number of hydrogen-bond donors (Lipinski definition) is 3. The first kappa shape index (κ1) is 15.3. The fourth-order valence-electron chi connectivity index (χ4n) is 1.69. The smallest absolute Gasteiger partial charge is 0.339 e. The van der Waals surface area contributed by atoms with Gasteiger partial charge in [0.15, 0.2) is 0 Å². The molecule has 5 heteroatoms. The normalized spacial score (nSPS) is 12.1. The Bertz CT molecular complexity index is 416. The van der Waals surface area contributed by atoms with Crippen LogP contribution in [0.1, 0.15) is 43.0 Å². The summed E-state index contributed by atoms with van der Waals surface area (Å²) in [5.74, 6) is -1.19. The molecular formula is C14H20O5. The van der Waals surface area contributed by atoms with Gasteiger partial charge in [0, 0.05) is 6.07 Å². The first-order valence-electron chi connectivity index (χ1n) is 6.41. The fraction of sp³-hybridized carbons (Fsp3) is 0.500. The van der Waals surface area contributed by atoms with E-state index in [0.717, 1.165) is 19.3 Å². The van der Waals surface area contributed by atoms with Gasteiger partial charge in [-0.1, -0.05) is 26.2 Å². The van der Waals surface area contributed by atoms with E-state index in [1.807, 2.05) is 0 Å².